The van der Waals surface area contributed by atoms with Crippen LogP contribution < -0.4 is 5.32 Å². The monoisotopic (exact) mass is 232 g/mol. The molecule has 0 radical (unpaired) electrons. The van der Waals surface area contributed by atoms with Crippen LogP contribution in [0.25, 0.3) is 0 Å². The second-order valence-corrected chi connectivity index (χ2v) is 4.26. The Kier molecular flexibility index (Phi) is 3.07. The molecular weight excluding hydrogens is 216 g/mol. The maximum absolute atomic E-state index is 6.04. The zero-order chi connectivity index (χ0) is 11.5. The van der Waals surface area contributed by atoms with Crippen LogP contribution in [0.2, 0.25) is 0 Å². The van der Waals surface area contributed by atoms with Crippen molar-refractivity contribution in [2.24, 2.45) is 4.99 Å². The van der Waals surface area contributed by atoms with E-state index in [9.17, 15) is 0 Å². The third-order valence-corrected chi connectivity index (χ3v) is 3.04. The molecule has 0 aliphatic carbocycles. The molecule has 1 fully saturated rings. The fourth-order valence-electron chi connectivity index (χ4n) is 2.18. The summed E-state index contributed by atoms with van der Waals surface area (Å²) < 4.78 is 11.7. The lowest BCUT2D eigenvalue weighted by Crippen LogP contribution is -2.42. The first-order chi connectivity index (χ1) is 8.43. The van der Waals surface area contributed by atoms with Gasteiger partial charge in [0, 0.05) is 6.54 Å². The Morgan fingerprint density at radius 1 is 1.12 bits per heavy atom. The van der Waals surface area contributed by atoms with Gasteiger partial charge >= 0.3 is 0 Å². The van der Waals surface area contributed by atoms with E-state index in [-0.39, 0.29) is 12.2 Å². The number of nitrogens with zero attached hydrogens (tertiary/aromatic N) is 1. The molecule has 17 heavy (non-hydrogen) atoms. The molecule has 2 atom stereocenters. The van der Waals surface area contributed by atoms with Crippen LogP contribution in [-0.2, 0) is 9.47 Å². The summed E-state index contributed by atoms with van der Waals surface area (Å²) >= 11 is 0. The number of amidine groups is 1. The molecule has 1 saturated heterocycles. The van der Waals surface area contributed by atoms with Crippen LogP contribution in [0.3, 0.4) is 0 Å². The fraction of sp³-hybridized carbons (Fsp3) is 0.462. The van der Waals surface area contributed by atoms with E-state index in [0.29, 0.717) is 13.2 Å². The van der Waals surface area contributed by atoms with E-state index >= 15 is 0 Å². The van der Waals surface area contributed by atoms with Crippen LogP contribution in [-0.4, -0.2) is 38.2 Å². The van der Waals surface area contributed by atoms with Crippen LogP contribution in [0.5, 0.6) is 0 Å². The molecule has 1 aromatic rings. The standard InChI is InChI=1S/C13H16N2O2/c1-2-4-10(5-3-1)11-8-16-9-12(17-11)13-14-6-7-15-13/h1-5,11-12H,6-9H2,(H,14,15)/t11-,12-/m0/s1. The van der Waals surface area contributed by atoms with Gasteiger partial charge < -0.3 is 14.8 Å². The predicted octanol–water partition coefficient (Wildman–Crippen LogP) is 1.14. The molecule has 0 saturated carbocycles. The zero-order valence-electron chi connectivity index (χ0n) is 9.63. The van der Waals surface area contributed by atoms with E-state index in [1.54, 1.807) is 0 Å². The Hall–Kier alpha value is -1.39. The molecule has 4 heteroatoms. The lowest BCUT2D eigenvalue weighted by Gasteiger charge is -2.30. The number of hydrogen-bond acceptors (Lipinski definition) is 4. The average Bonchev–Trinajstić information content (AvgIpc) is 2.94. The summed E-state index contributed by atoms with van der Waals surface area (Å²) in [6.45, 7) is 2.96. The van der Waals surface area contributed by atoms with Crippen molar-refractivity contribution in [1.29, 1.82) is 0 Å². The first kappa shape index (κ1) is 10.7. The Morgan fingerprint density at radius 3 is 2.71 bits per heavy atom. The maximum Gasteiger partial charge on any atom is 0.138 e. The molecule has 2 aliphatic rings. The highest BCUT2D eigenvalue weighted by molar-refractivity contribution is 5.88. The molecule has 90 valence electrons. The first-order valence-electron chi connectivity index (χ1n) is 6.00. The van der Waals surface area contributed by atoms with Crippen molar-refractivity contribution in [3.8, 4) is 0 Å². The number of benzene rings is 1. The quantitative estimate of drug-likeness (QED) is 0.831. The van der Waals surface area contributed by atoms with Crippen LogP contribution in [0.1, 0.15) is 11.7 Å². The minimum absolute atomic E-state index is 0.0139. The molecule has 0 spiro atoms. The number of ether oxygens (including phenoxy) is 2. The van der Waals surface area contributed by atoms with Gasteiger partial charge in [0.25, 0.3) is 0 Å². The Morgan fingerprint density at radius 2 is 1.94 bits per heavy atom. The van der Waals surface area contributed by atoms with Crippen molar-refractivity contribution in [2.45, 2.75) is 12.2 Å². The zero-order valence-corrected chi connectivity index (χ0v) is 9.63. The molecule has 2 heterocycles. The van der Waals surface area contributed by atoms with E-state index in [4.69, 9.17) is 9.47 Å². The van der Waals surface area contributed by atoms with E-state index in [0.717, 1.165) is 24.5 Å². The highest BCUT2D eigenvalue weighted by Crippen LogP contribution is 2.23. The topological polar surface area (TPSA) is 42.8 Å². The molecule has 3 rings (SSSR count). The normalized spacial score (nSPS) is 28.6. The van der Waals surface area contributed by atoms with Gasteiger partial charge in [-0.3, -0.25) is 4.99 Å². The van der Waals surface area contributed by atoms with E-state index < -0.39 is 0 Å². The minimum Gasteiger partial charge on any atom is -0.375 e. The molecular formula is C13H16N2O2. The smallest absolute Gasteiger partial charge is 0.138 e. The number of rotatable bonds is 2. The molecule has 1 N–H and O–H groups in total. The van der Waals surface area contributed by atoms with Crippen LogP contribution in [0, 0.1) is 0 Å². The molecule has 2 aliphatic heterocycles. The summed E-state index contributed by atoms with van der Waals surface area (Å²) in [5.74, 6) is 0.936. The minimum atomic E-state index is -0.0449. The van der Waals surface area contributed by atoms with Crippen LogP contribution in [0.4, 0.5) is 0 Å². The molecule has 0 bridgehead atoms. The number of aliphatic imine (C=N–C) groups is 1. The molecule has 0 unspecified atom stereocenters. The van der Waals surface area contributed by atoms with E-state index in [2.05, 4.69) is 22.4 Å². The van der Waals surface area contributed by atoms with Gasteiger partial charge in [-0.05, 0) is 5.56 Å². The van der Waals surface area contributed by atoms with Gasteiger partial charge in [0.1, 0.15) is 18.0 Å². The van der Waals surface area contributed by atoms with Crippen molar-refractivity contribution < 1.29 is 9.47 Å². The summed E-state index contributed by atoms with van der Waals surface area (Å²) in [5, 5.41) is 3.24. The summed E-state index contributed by atoms with van der Waals surface area (Å²) in [5.41, 5.74) is 1.16. The van der Waals surface area contributed by atoms with Gasteiger partial charge in [-0.2, -0.15) is 0 Å². The van der Waals surface area contributed by atoms with E-state index in [1.165, 1.54) is 0 Å². The first-order valence-corrected chi connectivity index (χ1v) is 6.00. The third kappa shape index (κ3) is 2.33. The van der Waals surface area contributed by atoms with Crippen molar-refractivity contribution in [3.63, 3.8) is 0 Å². The van der Waals surface area contributed by atoms with Crippen molar-refractivity contribution in [1.82, 2.24) is 5.32 Å². The van der Waals surface area contributed by atoms with Crippen molar-refractivity contribution >= 4 is 5.84 Å². The predicted molar refractivity (Wildman–Crippen MR) is 65.2 cm³/mol. The van der Waals surface area contributed by atoms with Gasteiger partial charge in [0.2, 0.25) is 0 Å². The van der Waals surface area contributed by atoms with Crippen molar-refractivity contribution in [2.75, 3.05) is 26.3 Å². The average molecular weight is 232 g/mol. The summed E-state index contributed by atoms with van der Waals surface area (Å²) in [7, 11) is 0. The Balaban J connectivity index is 1.71. The Bertz CT molecular complexity index is 405. The van der Waals surface area contributed by atoms with Gasteiger partial charge in [0.05, 0.1) is 19.8 Å². The maximum atomic E-state index is 6.04. The fourth-order valence-corrected chi connectivity index (χ4v) is 2.18. The van der Waals surface area contributed by atoms with Gasteiger partial charge in [-0.15, -0.1) is 0 Å². The SMILES string of the molecule is c1ccc([C@@H]2COC[C@@H](C3=NCCN3)O2)cc1. The molecule has 0 amide bonds. The third-order valence-electron chi connectivity index (χ3n) is 3.04. The largest absolute Gasteiger partial charge is 0.375 e. The second kappa shape index (κ2) is 4.85. The Labute approximate surface area is 101 Å². The summed E-state index contributed by atoms with van der Waals surface area (Å²) in [4.78, 5) is 4.39. The molecule has 4 nitrogen and oxygen atoms in total. The highest BCUT2D eigenvalue weighted by atomic mass is 16.6. The van der Waals surface area contributed by atoms with Gasteiger partial charge in [-0.25, -0.2) is 0 Å². The van der Waals surface area contributed by atoms with Gasteiger partial charge in [0.15, 0.2) is 0 Å². The summed E-state index contributed by atoms with van der Waals surface area (Å²) in [6, 6.07) is 10.2. The summed E-state index contributed by atoms with van der Waals surface area (Å²) in [6.07, 6.45) is -0.0310. The second-order valence-electron chi connectivity index (χ2n) is 4.26. The van der Waals surface area contributed by atoms with Crippen molar-refractivity contribution in [3.05, 3.63) is 35.9 Å². The number of nitrogens with one attached hydrogen (secondary N) is 1. The molecule has 1 aromatic carbocycles. The lowest BCUT2D eigenvalue weighted by atomic mass is 10.1. The lowest BCUT2D eigenvalue weighted by molar-refractivity contribution is -0.115. The van der Waals surface area contributed by atoms with E-state index in [1.807, 2.05) is 18.2 Å². The highest BCUT2D eigenvalue weighted by Gasteiger charge is 2.28. The van der Waals surface area contributed by atoms with Gasteiger partial charge in [-0.1, -0.05) is 30.3 Å². The van der Waals surface area contributed by atoms with Crippen LogP contribution in [0.15, 0.2) is 35.3 Å². The number of hydrogen-bond donors (Lipinski definition) is 1. The molecule has 0 aromatic heterocycles. The van der Waals surface area contributed by atoms with Crippen LogP contribution >= 0.6 is 0 Å².